The highest BCUT2D eigenvalue weighted by Gasteiger charge is 2.18. The Labute approximate surface area is 133 Å². The zero-order valence-electron chi connectivity index (χ0n) is 12.9. The summed E-state index contributed by atoms with van der Waals surface area (Å²) in [5.74, 6) is 0.0434. The summed E-state index contributed by atoms with van der Waals surface area (Å²) in [5, 5.41) is 0.477. The van der Waals surface area contributed by atoms with Crippen molar-refractivity contribution in [2.75, 3.05) is 0 Å². The van der Waals surface area contributed by atoms with Crippen LogP contribution in [0, 0.1) is 5.82 Å². The van der Waals surface area contributed by atoms with Gasteiger partial charge in [-0.25, -0.2) is 9.37 Å². The quantitative estimate of drug-likeness (QED) is 0.677. The fraction of sp³-hybridized carbons (Fsp3) is 0.158. The summed E-state index contributed by atoms with van der Waals surface area (Å²) < 4.78 is 15.7. The molecule has 0 amide bonds. The van der Waals surface area contributed by atoms with Gasteiger partial charge < -0.3 is 0 Å². The zero-order valence-corrected chi connectivity index (χ0v) is 12.9. The maximum absolute atomic E-state index is 14.3. The highest BCUT2D eigenvalue weighted by molar-refractivity contribution is 5.77. The van der Waals surface area contributed by atoms with Gasteiger partial charge in [-0.3, -0.25) is 9.36 Å². The van der Waals surface area contributed by atoms with E-state index in [4.69, 9.17) is 0 Å². The van der Waals surface area contributed by atoms with E-state index in [0.29, 0.717) is 23.1 Å². The van der Waals surface area contributed by atoms with Crippen LogP contribution in [0.2, 0.25) is 0 Å². The van der Waals surface area contributed by atoms with Gasteiger partial charge >= 0.3 is 0 Å². The molecule has 1 atom stereocenters. The Hall–Kier alpha value is -2.75. The summed E-state index contributed by atoms with van der Waals surface area (Å²) in [6.45, 7) is 5.70. The first-order valence-electron chi connectivity index (χ1n) is 7.51. The van der Waals surface area contributed by atoms with Crippen LogP contribution in [0.15, 0.2) is 66.0 Å². The van der Waals surface area contributed by atoms with Gasteiger partial charge in [0, 0.05) is 5.92 Å². The molecule has 23 heavy (non-hydrogen) atoms. The Kier molecular flexibility index (Phi) is 4.06. The first kappa shape index (κ1) is 15.2. The SMILES string of the molecule is C=CC[C@H](C)c1nc2ccccc2c(=O)n1-c1ccccc1F. The molecular weight excluding hydrogens is 291 g/mol. The minimum atomic E-state index is -0.446. The van der Waals surface area contributed by atoms with Crippen molar-refractivity contribution in [3.63, 3.8) is 0 Å². The van der Waals surface area contributed by atoms with Crippen molar-refractivity contribution in [2.24, 2.45) is 0 Å². The highest BCUT2D eigenvalue weighted by Crippen LogP contribution is 2.23. The van der Waals surface area contributed by atoms with E-state index in [1.54, 1.807) is 42.5 Å². The number of fused-ring (bicyclic) bond motifs is 1. The van der Waals surface area contributed by atoms with E-state index in [-0.39, 0.29) is 17.2 Å². The molecule has 0 saturated heterocycles. The summed E-state index contributed by atoms with van der Waals surface area (Å²) in [6, 6.07) is 13.4. The molecule has 0 aliphatic rings. The zero-order chi connectivity index (χ0) is 16.4. The summed E-state index contributed by atoms with van der Waals surface area (Å²) in [5.41, 5.74) is 0.587. The molecule has 1 aromatic heterocycles. The van der Waals surface area contributed by atoms with Crippen molar-refractivity contribution in [3.8, 4) is 5.69 Å². The van der Waals surface area contributed by atoms with Crippen molar-refractivity contribution in [1.82, 2.24) is 9.55 Å². The maximum atomic E-state index is 14.3. The van der Waals surface area contributed by atoms with Gasteiger partial charge in [-0.1, -0.05) is 37.3 Å². The van der Waals surface area contributed by atoms with Crippen LogP contribution in [0.1, 0.15) is 25.1 Å². The maximum Gasteiger partial charge on any atom is 0.266 e. The number of benzene rings is 2. The number of hydrogen-bond acceptors (Lipinski definition) is 2. The molecule has 2 aromatic carbocycles. The molecule has 0 radical (unpaired) electrons. The van der Waals surface area contributed by atoms with E-state index in [2.05, 4.69) is 11.6 Å². The number of hydrogen-bond donors (Lipinski definition) is 0. The van der Waals surface area contributed by atoms with Gasteiger partial charge in [0.1, 0.15) is 11.6 Å². The second-order valence-corrected chi connectivity index (χ2v) is 5.50. The number of para-hydroxylation sites is 2. The summed E-state index contributed by atoms with van der Waals surface area (Å²) in [6.07, 6.45) is 2.43. The second-order valence-electron chi connectivity index (χ2n) is 5.50. The van der Waals surface area contributed by atoms with Crippen LogP contribution >= 0.6 is 0 Å². The Balaban J connectivity index is 2.40. The molecule has 3 aromatic rings. The molecule has 0 bridgehead atoms. The Morgan fingerprint density at radius 2 is 1.91 bits per heavy atom. The predicted octanol–water partition coefficient (Wildman–Crippen LogP) is 4.20. The van der Waals surface area contributed by atoms with Gasteiger partial charge in [0.05, 0.1) is 16.6 Å². The standard InChI is InChI=1S/C19H17FN2O/c1-3-8-13(2)18-21-16-11-6-4-9-14(16)19(23)22(18)17-12-7-5-10-15(17)20/h3-7,9-13H,1,8H2,2H3/t13-/m0/s1. The summed E-state index contributed by atoms with van der Waals surface area (Å²) in [4.78, 5) is 17.6. The Bertz CT molecular complexity index is 930. The van der Waals surface area contributed by atoms with E-state index >= 15 is 0 Å². The number of halogens is 1. The molecule has 0 spiro atoms. The minimum absolute atomic E-state index is 0.0515. The van der Waals surface area contributed by atoms with Crippen molar-refractivity contribution >= 4 is 10.9 Å². The van der Waals surface area contributed by atoms with E-state index in [1.165, 1.54) is 10.6 Å². The lowest BCUT2D eigenvalue weighted by Crippen LogP contribution is -2.26. The molecule has 3 rings (SSSR count). The van der Waals surface area contributed by atoms with E-state index < -0.39 is 5.82 Å². The number of aromatic nitrogens is 2. The number of rotatable bonds is 4. The minimum Gasteiger partial charge on any atom is -0.268 e. The predicted molar refractivity (Wildman–Crippen MR) is 90.5 cm³/mol. The molecule has 0 saturated carbocycles. The smallest absolute Gasteiger partial charge is 0.266 e. The topological polar surface area (TPSA) is 34.9 Å². The fourth-order valence-corrected chi connectivity index (χ4v) is 2.70. The van der Waals surface area contributed by atoms with E-state index in [0.717, 1.165) is 0 Å². The molecule has 0 N–H and O–H groups in total. The third kappa shape index (κ3) is 2.68. The third-order valence-corrected chi connectivity index (χ3v) is 3.86. The monoisotopic (exact) mass is 308 g/mol. The van der Waals surface area contributed by atoms with Crippen molar-refractivity contribution < 1.29 is 4.39 Å². The molecule has 116 valence electrons. The number of allylic oxidation sites excluding steroid dienone is 1. The molecule has 0 unspecified atom stereocenters. The van der Waals surface area contributed by atoms with Crippen LogP contribution in [0.4, 0.5) is 4.39 Å². The molecule has 3 nitrogen and oxygen atoms in total. The van der Waals surface area contributed by atoms with Crippen LogP contribution < -0.4 is 5.56 Å². The van der Waals surface area contributed by atoms with E-state index in [1.807, 2.05) is 13.0 Å². The Morgan fingerprint density at radius 3 is 2.65 bits per heavy atom. The first-order valence-corrected chi connectivity index (χ1v) is 7.51. The van der Waals surface area contributed by atoms with Crippen molar-refractivity contribution in [3.05, 3.63) is 83.2 Å². The number of nitrogens with zero attached hydrogens (tertiary/aromatic N) is 2. The van der Waals surface area contributed by atoms with Crippen LogP contribution in [-0.4, -0.2) is 9.55 Å². The molecule has 0 fully saturated rings. The summed E-state index contributed by atoms with van der Waals surface area (Å²) >= 11 is 0. The molecule has 0 aliphatic heterocycles. The van der Waals surface area contributed by atoms with Gasteiger partial charge in [-0.15, -0.1) is 6.58 Å². The van der Waals surface area contributed by atoms with Gasteiger partial charge in [0.2, 0.25) is 0 Å². The lowest BCUT2D eigenvalue weighted by Gasteiger charge is -2.18. The Morgan fingerprint density at radius 1 is 1.22 bits per heavy atom. The molecular formula is C19H17FN2O. The highest BCUT2D eigenvalue weighted by atomic mass is 19.1. The first-order chi connectivity index (χ1) is 11.1. The van der Waals surface area contributed by atoms with Crippen molar-refractivity contribution in [2.45, 2.75) is 19.3 Å². The molecule has 4 heteroatoms. The van der Waals surface area contributed by atoms with E-state index in [9.17, 15) is 9.18 Å². The second kappa shape index (κ2) is 6.16. The van der Waals surface area contributed by atoms with Crippen LogP contribution in [0.5, 0.6) is 0 Å². The average Bonchev–Trinajstić information content (AvgIpc) is 2.56. The van der Waals surface area contributed by atoms with Gasteiger partial charge in [-0.05, 0) is 30.7 Å². The molecule has 0 aliphatic carbocycles. The lowest BCUT2D eigenvalue weighted by molar-refractivity contribution is 0.601. The average molecular weight is 308 g/mol. The van der Waals surface area contributed by atoms with Gasteiger partial charge in [0.15, 0.2) is 0 Å². The van der Waals surface area contributed by atoms with Crippen LogP contribution in [-0.2, 0) is 0 Å². The largest absolute Gasteiger partial charge is 0.268 e. The molecule has 1 heterocycles. The normalized spacial score (nSPS) is 12.3. The van der Waals surface area contributed by atoms with Gasteiger partial charge in [-0.2, -0.15) is 0 Å². The third-order valence-electron chi connectivity index (χ3n) is 3.86. The fourth-order valence-electron chi connectivity index (χ4n) is 2.70. The van der Waals surface area contributed by atoms with Gasteiger partial charge in [0.25, 0.3) is 5.56 Å². The lowest BCUT2D eigenvalue weighted by atomic mass is 10.1. The van der Waals surface area contributed by atoms with Crippen LogP contribution in [0.3, 0.4) is 0 Å². The van der Waals surface area contributed by atoms with Crippen LogP contribution in [0.25, 0.3) is 16.6 Å². The van der Waals surface area contributed by atoms with Crippen molar-refractivity contribution in [1.29, 1.82) is 0 Å². The summed E-state index contributed by atoms with van der Waals surface area (Å²) in [7, 11) is 0.